The van der Waals surface area contributed by atoms with Crippen molar-refractivity contribution < 1.29 is 4.42 Å². The molecule has 1 aromatic heterocycles. The van der Waals surface area contributed by atoms with E-state index in [0.717, 1.165) is 23.5 Å². The maximum Gasteiger partial charge on any atom is 0.169 e. The number of halogens is 1. The van der Waals surface area contributed by atoms with Crippen LogP contribution in [-0.2, 0) is 0 Å². The summed E-state index contributed by atoms with van der Waals surface area (Å²) in [5.74, 6) is 0.878. The summed E-state index contributed by atoms with van der Waals surface area (Å²) in [6, 6.07) is 3.91. The van der Waals surface area contributed by atoms with Crippen molar-refractivity contribution in [3.8, 4) is 0 Å². The zero-order valence-electron chi connectivity index (χ0n) is 9.16. The first-order valence-corrected chi connectivity index (χ1v) is 5.76. The summed E-state index contributed by atoms with van der Waals surface area (Å²) in [4.78, 5) is 2.12. The van der Waals surface area contributed by atoms with Crippen LogP contribution in [0.15, 0.2) is 21.2 Å². The number of furan rings is 1. The number of nitrogens with one attached hydrogen (secondary N) is 1. The van der Waals surface area contributed by atoms with Gasteiger partial charge in [0.15, 0.2) is 4.67 Å². The molecular weight excluding hydrogens is 258 g/mol. The molecule has 0 aliphatic carbocycles. The number of nitrogens with zero attached hydrogens (tertiary/aromatic N) is 1. The van der Waals surface area contributed by atoms with E-state index in [1.807, 2.05) is 26.2 Å². The van der Waals surface area contributed by atoms with Gasteiger partial charge in [-0.1, -0.05) is 0 Å². The average Bonchev–Trinajstić information content (AvgIpc) is 2.59. The van der Waals surface area contributed by atoms with Gasteiger partial charge in [0.25, 0.3) is 0 Å². The number of likely N-dealkylation sites (N-methyl/N-ethyl adjacent to an activating group) is 1. The first kappa shape index (κ1) is 12.7. The summed E-state index contributed by atoms with van der Waals surface area (Å²) >= 11 is 3.28. The molecule has 1 atom stereocenters. The average molecular weight is 276 g/mol. The van der Waals surface area contributed by atoms with Gasteiger partial charge in [0, 0.05) is 19.6 Å². The second-order valence-corrected chi connectivity index (χ2v) is 4.47. The van der Waals surface area contributed by atoms with Crippen LogP contribution in [0.25, 0.3) is 0 Å². The highest BCUT2D eigenvalue weighted by Gasteiger charge is 2.12. The van der Waals surface area contributed by atoms with E-state index in [4.69, 9.17) is 10.2 Å². The van der Waals surface area contributed by atoms with Crippen LogP contribution in [0.1, 0.15) is 11.8 Å². The minimum absolute atomic E-state index is 0.0937. The summed E-state index contributed by atoms with van der Waals surface area (Å²) in [6.45, 7) is 2.42. The molecule has 0 aromatic carbocycles. The van der Waals surface area contributed by atoms with Crippen LogP contribution in [0.4, 0.5) is 0 Å². The molecule has 4 nitrogen and oxygen atoms in total. The lowest BCUT2D eigenvalue weighted by molar-refractivity contribution is 0.361. The minimum Gasteiger partial charge on any atom is -0.453 e. The lowest BCUT2D eigenvalue weighted by atomic mass is 10.2. The van der Waals surface area contributed by atoms with Crippen LogP contribution in [0.3, 0.4) is 0 Å². The Bertz CT molecular complexity index is 288. The van der Waals surface area contributed by atoms with Gasteiger partial charge in [0.05, 0.1) is 6.04 Å². The van der Waals surface area contributed by atoms with Crippen LogP contribution in [0, 0.1) is 0 Å². The fourth-order valence-electron chi connectivity index (χ4n) is 1.28. The molecule has 0 amide bonds. The Balaban J connectivity index is 2.42. The first-order valence-electron chi connectivity index (χ1n) is 4.97. The molecule has 0 fully saturated rings. The standard InChI is InChI=1S/C10H18BrN3O/c1-14(2)6-5-13-8(7-12)9-3-4-10(11)15-9/h3-4,8,13H,5-7,12H2,1-2H3. The van der Waals surface area contributed by atoms with Gasteiger partial charge in [0.1, 0.15) is 5.76 Å². The normalized spacial score (nSPS) is 13.4. The molecule has 1 unspecified atom stereocenters. The fourth-order valence-corrected chi connectivity index (χ4v) is 1.60. The van der Waals surface area contributed by atoms with E-state index < -0.39 is 0 Å². The summed E-state index contributed by atoms with van der Waals surface area (Å²) in [7, 11) is 4.09. The molecule has 0 radical (unpaired) electrons. The highest BCUT2D eigenvalue weighted by atomic mass is 79.9. The predicted molar refractivity (Wildman–Crippen MR) is 64.8 cm³/mol. The zero-order valence-corrected chi connectivity index (χ0v) is 10.8. The Hall–Kier alpha value is -0.360. The number of nitrogens with two attached hydrogens (primary N) is 1. The van der Waals surface area contributed by atoms with E-state index in [9.17, 15) is 0 Å². The molecule has 0 spiro atoms. The lowest BCUT2D eigenvalue weighted by Gasteiger charge is -2.16. The molecule has 0 saturated heterocycles. The second-order valence-electron chi connectivity index (χ2n) is 3.69. The van der Waals surface area contributed by atoms with E-state index in [1.165, 1.54) is 0 Å². The van der Waals surface area contributed by atoms with E-state index in [1.54, 1.807) is 0 Å². The van der Waals surface area contributed by atoms with Crippen molar-refractivity contribution >= 4 is 15.9 Å². The van der Waals surface area contributed by atoms with Crippen LogP contribution >= 0.6 is 15.9 Å². The van der Waals surface area contributed by atoms with Gasteiger partial charge in [0.2, 0.25) is 0 Å². The molecule has 1 rings (SSSR count). The smallest absolute Gasteiger partial charge is 0.169 e. The van der Waals surface area contributed by atoms with Crippen molar-refractivity contribution in [2.45, 2.75) is 6.04 Å². The highest BCUT2D eigenvalue weighted by molar-refractivity contribution is 9.10. The Morgan fingerprint density at radius 3 is 2.73 bits per heavy atom. The Morgan fingerprint density at radius 2 is 2.27 bits per heavy atom. The Morgan fingerprint density at radius 1 is 1.53 bits per heavy atom. The van der Waals surface area contributed by atoms with Gasteiger partial charge in [-0.3, -0.25) is 0 Å². The molecule has 1 heterocycles. The third-order valence-corrected chi connectivity index (χ3v) is 2.55. The molecule has 0 aliphatic rings. The van der Waals surface area contributed by atoms with E-state index in [2.05, 4.69) is 26.1 Å². The Kier molecular flexibility index (Phi) is 5.31. The van der Waals surface area contributed by atoms with Crippen molar-refractivity contribution in [2.24, 2.45) is 5.73 Å². The van der Waals surface area contributed by atoms with Crippen LogP contribution in [0.5, 0.6) is 0 Å². The molecule has 0 bridgehead atoms. The first-order chi connectivity index (χ1) is 7.13. The van der Waals surface area contributed by atoms with Gasteiger partial charge in [-0.15, -0.1) is 0 Å². The van der Waals surface area contributed by atoms with Crippen molar-refractivity contribution in [1.29, 1.82) is 0 Å². The van der Waals surface area contributed by atoms with Crippen LogP contribution in [0.2, 0.25) is 0 Å². The van der Waals surface area contributed by atoms with Gasteiger partial charge in [-0.25, -0.2) is 0 Å². The molecule has 15 heavy (non-hydrogen) atoms. The fraction of sp³-hybridized carbons (Fsp3) is 0.600. The maximum atomic E-state index is 5.68. The topological polar surface area (TPSA) is 54.4 Å². The monoisotopic (exact) mass is 275 g/mol. The zero-order chi connectivity index (χ0) is 11.3. The van der Waals surface area contributed by atoms with Gasteiger partial charge >= 0.3 is 0 Å². The maximum absolute atomic E-state index is 5.68. The van der Waals surface area contributed by atoms with Crippen molar-refractivity contribution in [3.63, 3.8) is 0 Å². The summed E-state index contributed by atoms with van der Waals surface area (Å²) in [5, 5.41) is 3.35. The Labute approximate surface area is 98.9 Å². The van der Waals surface area contributed by atoms with Gasteiger partial charge < -0.3 is 20.4 Å². The molecule has 5 heteroatoms. The minimum atomic E-state index is 0.0937. The largest absolute Gasteiger partial charge is 0.453 e. The van der Waals surface area contributed by atoms with Crippen molar-refractivity contribution in [2.75, 3.05) is 33.7 Å². The molecule has 3 N–H and O–H groups in total. The SMILES string of the molecule is CN(C)CCNC(CN)c1ccc(Br)o1. The molecule has 0 saturated carbocycles. The van der Waals surface area contributed by atoms with Crippen LogP contribution < -0.4 is 11.1 Å². The van der Waals surface area contributed by atoms with E-state index in [-0.39, 0.29) is 6.04 Å². The van der Waals surface area contributed by atoms with Gasteiger partial charge in [-0.05, 0) is 42.2 Å². The third kappa shape index (κ3) is 4.34. The predicted octanol–water partition coefficient (Wildman–Crippen LogP) is 1.19. The van der Waals surface area contributed by atoms with Crippen LogP contribution in [-0.4, -0.2) is 38.6 Å². The van der Waals surface area contributed by atoms with Gasteiger partial charge in [-0.2, -0.15) is 0 Å². The number of hydrogen-bond donors (Lipinski definition) is 2. The molecule has 86 valence electrons. The van der Waals surface area contributed by atoms with E-state index in [0.29, 0.717) is 6.54 Å². The molecular formula is C10H18BrN3O. The quantitative estimate of drug-likeness (QED) is 0.819. The summed E-state index contributed by atoms with van der Waals surface area (Å²) in [6.07, 6.45) is 0. The molecule has 0 aliphatic heterocycles. The number of rotatable bonds is 6. The van der Waals surface area contributed by atoms with Crippen molar-refractivity contribution in [1.82, 2.24) is 10.2 Å². The number of hydrogen-bond acceptors (Lipinski definition) is 4. The molecule has 1 aromatic rings. The summed E-state index contributed by atoms with van der Waals surface area (Å²) < 4.78 is 6.20. The van der Waals surface area contributed by atoms with E-state index >= 15 is 0 Å². The lowest BCUT2D eigenvalue weighted by Crippen LogP contribution is -2.33. The highest BCUT2D eigenvalue weighted by Crippen LogP contribution is 2.19. The van der Waals surface area contributed by atoms with Crippen molar-refractivity contribution in [3.05, 3.63) is 22.6 Å². The third-order valence-electron chi connectivity index (χ3n) is 2.12. The second kappa shape index (κ2) is 6.27. The summed E-state index contributed by atoms with van der Waals surface area (Å²) in [5.41, 5.74) is 5.68.